The zero-order chi connectivity index (χ0) is 13.7. The summed E-state index contributed by atoms with van der Waals surface area (Å²) >= 11 is 3.37. The van der Waals surface area contributed by atoms with Gasteiger partial charge in [-0.3, -0.25) is 4.79 Å². The van der Waals surface area contributed by atoms with Crippen LogP contribution in [0, 0.1) is 0 Å². The molecule has 1 heterocycles. The molecule has 1 amide bonds. The second-order valence-electron chi connectivity index (χ2n) is 4.33. The third-order valence-corrected chi connectivity index (χ3v) is 3.52. The monoisotopic (exact) mass is 364 g/mol. The van der Waals surface area contributed by atoms with Crippen molar-refractivity contribution in [1.29, 1.82) is 0 Å². The lowest BCUT2D eigenvalue weighted by molar-refractivity contribution is -0.117. The Hall–Kier alpha value is -0.820. The van der Waals surface area contributed by atoms with Crippen LogP contribution in [-0.4, -0.2) is 38.8 Å². The lowest BCUT2D eigenvalue weighted by atomic mass is 10.2. The number of hydrogen-bond acceptors (Lipinski definition) is 4. The van der Waals surface area contributed by atoms with E-state index in [1.165, 1.54) is 0 Å². The number of rotatable bonds is 4. The quantitative estimate of drug-likeness (QED) is 0.859. The van der Waals surface area contributed by atoms with Gasteiger partial charge in [-0.1, -0.05) is 0 Å². The van der Waals surface area contributed by atoms with Gasteiger partial charge in [0.2, 0.25) is 5.91 Å². The SMILES string of the molecule is COc1cc(NC(=O)CC2COCCN2)ccc1Br.Cl. The standard InChI is InChI=1S/C13H17BrN2O3.ClH/c1-18-12-6-9(2-3-11(12)14)16-13(17)7-10-8-19-5-4-15-10;/h2-3,6,10,15H,4-5,7-8H2,1H3,(H,16,17);1H. The van der Waals surface area contributed by atoms with E-state index in [2.05, 4.69) is 26.6 Å². The molecule has 1 aromatic carbocycles. The Labute approximate surface area is 132 Å². The van der Waals surface area contributed by atoms with Gasteiger partial charge in [-0.2, -0.15) is 0 Å². The van der Waals surface area contributed by atoms with Gasteiger partial charge in [-0.25, -0.2) is 0 Å². The minimum atomic E-state index is -0.0348. The van der Waals surface area contributed by atoms with E-state index < -0.39 is 0 Å². The van der Waals surface area contributed by atoms with E-state index in [-0.39, 0.29) is 24.4 Å². The van der Waals surface area contributed by atoms with Crippen molar-refractivity contribution in [3.05, 3.63) is 22.7 Å². The van der Waals surface area contributed by atoms with E-state index in [0.29, 0.717) is 25.4 Å². The van der Waals surface area contributed by atoms with Crippen molar-refractivity contribution in [3.8, 4) is 5.75 Å². The minimum Gasteiger partial charge on any atom is -0.495 e. The van der Waals surface area contributed by atoms with Gasteiger partial charge in [0.15, 0.2) is 0 Å². The number of hydrogen-bond donors (Lipinski definition) is 2. The molecule has 5 nitrogen and oxygen atoms in total. The average Bonchev–Trinajstić information content (AvgIpc) is 2.42. The fourth-order valence-electron chi connectivity index (χ4n) is 1.92. The molecule has 0 radical (unpaired) electrons. The largest absolute Gasteiger partial charge is 0.495 e. The summed E-state index contributed by atoms with van der Waals surface area (Å²) in [4.78, 5) is 11.9. The van der Waals surface area contributed by atoms with Gasteiger partial charge < -0.3 is 20.1 Å². The number of carbonyl (C=O) groups excluding carboxylic acids is 1. The van der Waals surface area contributed by atoms with Crippen molar-refractivity contribution in [2.75, 3.05) is 32.2 Å². The highest BCUT2D eigenvalue weighted by molar-refractivity contribution is 9.10. The Kier molecular flexibility index (Phi) is 7.29. The smallest absolute Gasteiger partial charge is 0.226 e. The number of ether oxygens (including phenoxy) is 2. The first kappa shape index (κ1) is 17.2. The average molecular weight is 366 g/mol. The van der Waals surface area contributed by atoms with Crippen LogP contribution in [0.1, 0.15) is 6.42 Å². The number of anilines is 1. The third kappa shape index (κ3) is 4.94. The molecule has 1 unspecified atom stereocenters. The molecular weight excluding hydrogens is 348 g/mol. The van der Waals surface area contributed by atoms with Gasteiger partial charge in [0.05, 0.1) is 24.8 Å². The molecule has 1 aromatic rings. The fraction of sp³-hybridized carbons (Fsp3) is 0.462. The van der Waals surface area contributed by atoms with Crippen LogP contribution < -0.4 is 15.4 Å². The topological polar surface area (TPSA) is 59.6 Å². The van der Waals surface area contributed by atoms with Crippen LogP contribution in [0.4, 0.5) is 5.69 Å². The van der Waals surface area contributed by atoms with E-state index in [1.807, 2.05) is 12.1 Å². The molecule has 0 spiro atoms. The maximum Gasteiger partial charge on any atom is 0.226 e. The first-order valence-electron chi connectivity index (χ1n) is 6.13. The van der Waals surface area contributed by atoms with Crippen LogP contribution in [0.25, 0.3) is 0 Å². The summed E-state index contributed by atoms with van der Waals surface area (Å²) in [7, 11) is 1.59. The second kappa shape index (κ2) is 8.46. The molecule has 7 heteroatoms. The summed E-state index contributed by atoms with van der Waals surface area (Å²) in [5.41, 5.74) is 0.724. The predicted molar refractivity (Wildman–Crippen MR) is 83.8 cm³/mol. The van der Waals surface area contributed by atoms with Crippen molar-refractivity contribution < 1.29 is 14.3 Å². The van der Waals surface area contributed by atoms with Crippen LogP contribution in [-0.2, 0) is 9.53 Å². The molecule has 1 saturated heterocycles. The van der Waals surface area contributed by atoms with Crippen LogP contribution in [0.3, 0.4) is 0 Å². The summed E-state index contributed by atoms with van der Waals surface area (Å²) in [6.07, 6.45) is 0.401. The first-order valence-corrected chi connectivity index (χ1v) is 6.93. The molecule has 0 aromatic heterocycles. The van der Waals surface area contributed by atoms with Crippen molar-refractivity contribution in [2.45, 2.75) is 12.5 Å². The van der Waals surface area contributed by atoms with Gasteiger partial charge in [0.25, 0.3) is 0 Å². The number of nitrogens with one attached hydrogen (secondary N) is 2. The number of amides is 1. The summed E-state index contributed by atoms with van der Waals surface area (Å²) in [6, 6.07) is 5.55. The summed E-state index contributed by atoms with van der Waals surface area (Å²) in [6.45, 7) is 2.09. The molecule has 2 N–H and O–H groups in total. The number of morpholine rings is 1. The first-order chi connectivity index (χ1) is 9.19. The summed E-state index contributed by atoms with van der Waals surface area (Å²) < 4.78 is 11.4. The Morgan fingerprint density at radius 3 is 3.05 bits per heavy atom. The molecule has 1 fully saturated rings. The Balaban J connectivity index is 0.00000200. The van der Waals surface area contributed by atoms with Crippen molar-refractivity contribution in [2.24, 2.45) is 0 Å². The summed E-state index contributed by atoms with van der Waals surface area (Å²) in [5.74, 6) is 0.657. The molecule has 0 bridgehead atoms. The zero-order valence-electron chi connectivity index (χ0n) is 11.1. The van der Waals surface area contributed by atoms with E-state index in [4.69, 9.17) is 9.47 Å². The van der Waals surface area contributed by atoms with Crippen molar-refractivity contribution >= 4 is 39.9 Å². The fourth-order valence-corrected chi connectivity index (χ4v) is 2.33. The highest BCUT2D eigenvalue weighted by Crippen LogP contribution is 2.27. The highest BCUT2D eigenvalue weighted by Gasteiger charge is 2.17. The Bertz CT molecular complexity index is 453. The van der Waals surface area contributed by atoms with Gasteiger partial charge in [0, 0.05) is 30.8 Å². The normalized spacial score (nSPS) is 18.0. The number of halogens is 2. The minimum absolute atomic E-state index is 0. The van der Waals surface area contributed by atoms with Gasteiger partial charge >= 0.3 is 0 Å². The maximum absolute atomic E-state index is 11.9. The van der Waals surface area contributed by atoms with Gasteiger partial charge in [-0.05, 0) is 28.1 Å². The van der Waals surface area contributed by atoms with Crippen LogP contribution in [0.2, 0.25) is 0 Å². The highest BCUT2D eigenvalue weighted by atomic mass is 79.9. The van der Waals surface area contributed by atoms with Crippen molar-refractivity contribution in [3.63, 3.8) is 0 Å². The number of methoxy groups -OCH3 is 1. The van der Waals surface area contributed by atoms with Crippen molar-refractivity contribution in [1.82, 2.24) is 5.32 Å². The van der Waals surface area contributed by atoms with Crippen LogP contribution >= 0.6 is 28.3 Å². The molecule has 2 rings (SSSR count). The number of benzene rings is 1. The van der Waals surface area contributed by atoms with E-state index in [1.54, 1.807) is 13.2 Å². The zero-order valence-corrected chi connectivity index (χ0v) is 13.6. The van der Waals surface area contributed by atoms with Crippen LogP contribution in [0.5, 0.6) is 5.75 Å². The molecule has 1 aliphatic heterocycles. The van der Waals surface area contributed by atoms with Gasteiger partial charge in [-0.15, -0.1) is 12.4 Å². The molecule has 1 atom stereocenters. The molecular formula is C13H18BrClN2O3. The molecule has 20 heavy (non-hydrogen) atoms. The molecule has 112 valence electrons. The number of carbonyl (C=O) groups is 1. The van der Waals surface area contributed by atoms with E-state index in [0.717, 1.165) is 16.7 Å². The predicted octanol–water partition coefficient (Wildman–Crippen LogP) is 2.20. The maximum atomic E-state index is 11.9. The molecule has 0 saturated carbocycles. The Morgan fingerprint density at radius 1 is 1.60 bits per heavy atom. The summed E-state index contributed by atoms with van der Waals surface area (Å²) in [5, 5.41) is 6.11. The molecule has 0 aliphatic carbocycles. The lowest BCUT2D eigenvalue weighted by Crippen LogP contribution is -2.43. The van der Waals surface area contributed by atoms with Crippen LogP contribution in [0.15, 0.2) is 22.7 Å². The second-order valence-corrected chi connectivity index (χ2v) is 5.18. The third-order valence-electron chi connectivity index (χ3n) is 2.87. The Morgan fingerprint density at radius 2 is 2.40 bits per heavy atom. The van der Waals surface area contributed by atoms with Gasteiger partial charge in [0.1, 0.15) is 5.75 Å². The molecule has 1 aliphatic rings. The lowest BCUT2D eigenvalue weighted by Gasteiger charge is -2.23. The van der Waals surface area contributed by atoms with E-state index in [9.17, 15) is 4.79 Å². The van der Waals surface area contributed by atoms with E-state index >= 15 is 0 Å².